The van der Waals surface area contributed by atoms with Crippen molar-refractivity contribution in [3.63, 3.8) is 0 Å². The lowest BCUT2D eigenvalue weighted by Gasteiger charge is -2.25. The fraction of sp³-hybridized carbons (Fsp3) is 0.391. The standard InChI is InChI=1S/C23H25F2NO7/c1-13(2)21(14-4-6-16-19(10-14)31-9-8-30-16)26-20(27)12-32-22(28)15-5-7-17(33-23(24)25)18(11-15)29-3/h4-7,10-11,13,21,23H,8-9,12H2,1-3H3,(H,26,27). The van der Waals surface area contributed by atoms with Crippen LogP contribution in [0.3, 0.4) is 0 Å². The van der Waals surface area contributed by atoms with Gasteiger partial charge in [-0.3, -0.25) is 4.79 Å². The fourth-order valence-corrected chi connectivity index (χ4v) is 3.31. The second-order valence-corrected chi connectivity index (χ2v) is 7.51. The summed E-state index contributed by atoms with van der Waals surface area (Å²) in [4.78, 5) is 24.8. The molecule has 0 aromatic heterocycles. The van der Waals surface area contributed by atoms with E-state index in [1.807, 2.05) is 26.0 Å². The summed E-state index contributed by atoms with van der Waals surface area (Å²) in [5, 5.41) is 2.86. The highest BCUT2D eigenvalue weighted by Crippen LogP contribution is 2.34. The normalized spacial score (nSPS) is 13.4. The zero-order valence-electron chi connectivity index (χ0n) is 18.4. The van der Waals surface area contributed by atoms with Crippen LogP contribution in [0.2, 0.25) is 0 Å². The van der Waals surface area contributed by atoms with Crippen LogP contribution < -0.4 is 24.3 Å². The molecular formula is C23H25F2NO7. The quantitative estimate of drug-likeness (QED) is 0.564. The fourth-order valence-electron chi connectivity index (χ4n) is 3.31. The van der Waals surface area contributed by atoms with Gasteiger partial charge in [-0.15, -0.1) is 0 Å². The van der Waals surface area contributed by atoms with Crippen LogP contribution in [0.15, 0.2) is 36.4 Å². The van der Waals surface area contributed by atoms with Crippen LogP contribution in [0.5, 0.6) is 23.0 Å². The van der Waals surface area contributed by atoms with Crippen LogP contribution in [0.4, 0.5) is 8.78 Å². The first-order valence-corrected chi connectivity index (χ1v) is 10.3. The van der Waals surface area contributed by atoms with Crippen molar-refractivity contribution in [1.29, 1.82) is 0 Å². The van der Waals surface area contributed by atoms with Crippen LogP contribution in [0.1, 0.15) is 35.8 Å². The summed E-state index contributed by atoms with van der Waals surface area (Å²) in [6.45, 7) is 1.26. The van der Waals surface area contributed by atoms with E-state index in [0.717, 1.165) is 5.56 Å². The van der Waals surface area contributed by atoms with E-state index < -0.39 is 25.1 Å². The van der Waals surface area contributed by atoms with Crippen molar-refractivity contribution in [3.8, 4) is 23.0 Å². The molecule has 178 valence electrons. The van der Waals surface area contributed by atoms with Gasteiger partial charge in [0.15, 0.2) is 29.6 Å². The molecule has 0 saturated heterocycles. The molecule has 8 nitrogen and oxygen atoms in total. The highest BCUT2D eigenvalue weighted by molar-refractivity contribution is 5.92. The third kappa shape index (κ3) is 6.24. The van der Waals surface area contributed by atoms with Crippen molar-refractivity contribution in [2.45, 2.75) is 26.5 Å². The zero-order chi connectivity index (χ0) is 24.0. The summed E-state index contributed by atoms with van der Waals surface area (Å²) >= 11 is 0. The molecule has 3 rings (SSSR count). The number of benzene rings is 2. The van der Waals surface area contributed by atoms with Gasteiger partial charge in [-0.1, -0.05) is 19.9 Å². The summed E-state index contributed by atoms with van der Waals surface area (Å²) in [6.07, 6.45) is 0. The molecule has 0 fully saturated rings. The maximum Gasteiger partial charge on any atom is 0.387 e. The van der Waals surface area contributed by atoms with Crippen LogP contribution in [0.25, 0.3) is 0 Å². The van der Waals surface area contributed by atoms with Gasteiger partial charge < -0.3 is 29.0 Å². The van der Waals surface area contributed by atoms with Crippen LogP contribution in [-0.4, -0.2) is 45.4 Å². The van der Waals surface area contributed by atoms with E-state index in [-0.39, 0.29) is 29.0 Å². The Hall–Kier alpha value is -3.56. The van der Waals surface area contributed by atoms with Crippen molar-refractivity contribution in [3.05, 3.63) is 47.5 Å². The number of rotatable bonds is 9. The molecule has 1 atom stereocenters. The van der Waals surface area contributed by atoms with Gasteiger partial charge >= 0.3 is 12.6 Å². The number of nitrogens with one attached hydrogen (secondary N) is 1. The van der Waals surface area contributed by atoms with E-state index in [1.54, 1.807) is 6.07 Å². The van der Waals surface area contributed by atoms with Crippen LogP contribution >= 0.6 is 0 Å². The molecule has 1 amide bonds. The van der Waals surface area contributed by atoms with Crippen molar-refractivity contribution in [2.75, 3.05) is 26.9 Å². The number of carbonyl (C=O) groups excluding carboxylic acids is 2. The zero-order valence-corrected chi connectivity index (χ0v) is 18.4. The van der Waals surface area contributed by atoms with Crippen LogP contribution in [-0.2, 0) is 9.53 Å². The first kappa shape index (κ1) is 24.1. The largest absolute Gasteiger partial charge is 0.493 e. The molecule has 0 spiro atoms. The molecule has 0 bridgehead atoms. The van der Waals surface area contributed by atoms with E-state index in [0.29, 0.717) is 24.7 Å². The number of hydrogen-bond donors (Lipinski definition) is 1. The topological polar surface area (TPSA) is 92.3 Å². The second kappa shape index (κ2) is 10.8. The van der Waals surface area contributed by atoms with Crippen molar-refractivity contribution >= 4 is 11.9 Å². The number of ether oxygens (including phenoxy) is 5. The maximum absolute atomic E-state index is 12.5. The number of fused-ring (bicyclic) bond motifs is 1. The smallest absolute Gasteiger partial charge is 0.387 e. The van der Waals surface area contributed by atoms with E-state index in [9.17, 15) is 18.4 Å². The number of hydrogen-bond acceptors (Lipinski definition) is 7. The Morgan fingerprint density at radius 2 is 1.76 bits per heavy atom. The van der Waals surface area contributed by atoms with Gasteiger partial charge in [-0.2, -0.15) is 8.78 Å². The average molecular weight is 465 g/mol. The van der Waals surface area contributed by atoms with Gasteiger partial charge in [0.1, 0.15) is 13.2 Å². The minimum Gasteiger partial charge on any atom is -0.493 e. The minimum atomic E-state index is -3.04. The van der Waals surface area contributed by atoms with E-state index in [2.05, 4.69) is 10.1 Å². The van der Waals surface area contributed by atoms with Gasteiger partial charge in [0.25, 0.3) is 5.91 Å². The van der Waals surface area contributed by atoms with Gasteiger partial charge in [-0.05, 0) is 41.8 Å². The third-order valence-corrected chi connectivity index (χ3v) is 4.86. The predicted molar refractivity (Wildman–Crippen MR) is 113 cm³/mol. The SMILES string of the molecule is COc1cc(C(=O)OCC(=O)NC(c2ccc3c(c2)OCCO3)C(C)C)ccc1OC(F)F. The Morgan fingerprint density at radius 3 is 2.42 bits per heavy atom. The number of halogens is 2. The first-order chi connectivity index (χ1) is 15.8. The van der Waals surface area contributed by atoms with Gasteiger partial charge in [0.05, 0.1) is 18.7 Å². The summed E-state index contributed by atoms with van der Waals surface area (Å²) in [5.74, 6) is -0.298. The molecular weight excluding hydrogens is 440 g/mol. The molecule has 1 aliphatic rings. The van der Waals surface area contributed by atoms with Gasteiger partial charge in [0.2, 0.25) is 0 Å². The van der Waals surface area contributed by atoms with Crippen molar-refractivity contribution in [2.24, 2.45) is 5.92 Å². The number of alkyl halides is 2. The lowest BCUT2D eigenvalue weighted by atomic mass is 9.95. The number of methoxy groups -OCH3 is 1. The molecule has 0 radical (unpaired) electrons. The lowest BCUT2D eigenvalue weighted by Crippen LogP contribution is -2.35. The average Bonchev–Trinajstić information content (AvgIpc) is 2.80. The van der Waals surface area contributed by atoms with E-state index in [4.69, 9.17) is 18.9 Å². The van der Waals surface area contributed by atoms with E-state index >= 15 is 0 Å². The molecule has 2 aromatic rings. The van der Waals surface area contributed by atoms with Crippen LogP contribution in [0, 0.1) is 5.92 Å². The first-order valence-electron chi connectivity index (χ1n) is 10.3. The predicted octanol–water partition coefficient (Wildman–Crippen LogP) is 3.74. The second-order valence-electron chi connectivity index (χ2n) is 7.51. The Kier molecular flexibility index (Phi) is 7.92. The molecule has 0 saturated carbocycles. The maximum atomic E-state index is 12.5. The van der Waals surface area contributed by atoms with E-state index in [1.165, 1.54) is 25.3 Å². The Balaban J connectivity index is 1.62. The molecule has 1 unspecified atom stereocenters. The molecule has 10 heteroatoms. The molecule has 33 heavy (non-hydrogen) atoms. The Bertz CT molecular complexity index is 997. The van der Waals surface area contributed by atoms with Gasteiger partial charge in [-0.25, -0.2) is 4.79 Å². The van der Waals surface area contributed by atoms with Crippen molar-refractivity contribution < 1.29 is 42.1 Å². The number of esters is 1. The lowest BCUT2D eigenvalue weighted by molar-refractivity contribution is -0.125. The molecule has 0 aliphatic carbocycles. The summed E-state index contributed by atoms with van der Waals surface area (Å²) in [7, 11) is 1.25. The summed E-state index contributed by atoms with van der Waals surface area (Å²) < 4.78 is 50.4. The number of carbonyl (C=O) groups is 2. The molecule has 2 aromatic carbocycles. The third-order valence-electron chi connectivity index (χ3n) is 4.86. The monoisotopic (exact) mass is 465 g/mol. The van der Waals surface area contributed by atoms with Crippen molar-refractivity contribution in [1.82, 2.24) is 5.32 Å². The molecule has 1 heterocycles. The highest BCUT2D eigenvalue weighted by Gasteiger charge is 2.22. The summed E-state index contributed by atoms with van der Waals surface area (Å²) in [6, 6.07) is 8.72. The summed E-state index contributed by atoms with van der Waals surface area (Å²) in [5.41, 5.74) is 0.849. The van der Waals surface area contributed by atoms with Gasteiger partial charge in [0, 0.05) is 0 Å². The highest BCUT2D eigenvalue weighted by atomic mass is 19.3. The Morgan fingerprint density at radius 1 is 1.03 bits per heavy atom. The number of amides is 1. The molecule has 1 N–H and O–H groups in total. The Labute approximate surface area is 189 Å². The minimum absolute atomic E-state index is 0.0218. The molecule has 1 aliphatic heterocycles.